The lowest BCUT2D eigenvalue weighted by molar-refractivity contribution is -0.141. The maximum atomic E-state index is 12.7. The average molecular weight is 347 g/mol. The van der Waals surface area contributed by atoms with Crippen molar-refractivity contribution in [1.29, 1.82) is 0 Å². The van der Waals surface area contributed by atoms with Crippen LogP contribution in [0.4, 0.5) is 11.4 Å². The molecular formula is C20H17N3O3. The molecule has 0 unspecified atom stereocenters. The summed E-state index contributed by atoms with van der Waals surface area (Å²) >= 11 is 0. The van der Waals surface area contributed by atoms with E-state index in [1.165, 1.54) is 0 Å². The van der Waals surface area contributed by atoms with Crippen molar-refractivity contribution in [1.82, 2.24) is 9.97 Å². The number of benzene rings is 1. The number of carbonyl (C=O) groups excluding carboxylic acids is 1. The second kappa shape index (κ2) is 6.48. The van der Waals surface area contributed by atoms with Gasteiger partial charge in [-0.25, -0.2) is 0 Å². The van der Waals surface area contributed by atoms with Gasteiger partial charge >= 0.3 is 5.97 Å². The van der Waals surface area contributed by atoms with E-state index in [0.717, 1.165) is 16.9 Å². The predicted octanol–water partition coefficient (Wildman–Crippen LogP) is 3.65. The Kier molecular flexibility index (Phi) is 4.01. The minimum atomic E-state index is -0.943. The van der Waals surface area contributed by atoms with E-state index >= 15 is 0 Å². The Bertz CT molecular complexity index is 965. The highest BCUT2D eigenvalue weighted by Crippen LogP contribution is 2.39. The van der Waals surface area contributed by atoms with Crippen molar-refractivity contribution >= 4 is 23.1 Å². The zero-order valence-corrected chi connectivity index (χ0v) is 13.9. The molecule has 1 aliphatic carbocycles. The molecule has 1 aromatic carbocycles. The molecule has 0 saturated heterocycles. The van der Waals surface area contributed by atoms with Gasteiger partial charge in [-0.3, -0.25) is 14.6 Å². The van der Waals surface area contributed by atoms with Gasteiger partial charge in [0.15, 0.2) is 5.78 Å². The van der Waals surface area contributed by atoms with E-state index in [4.69, 9.17) is 0 Å². The molecule has 130 valence electrons. The molecular weight excluding hydrogens is 330 g/mol. The van der Waals surface area contributed by atoms with Crippen LogP contribution in [0.25, 0.3) is 11.3 Å². The summed E-state index contributed by atoms with van der Waals surface area (Å²) in [5, 5.41) is 12.7. The molecule has 0 radical (unpaired) electrons. The third-order valence-corrected chi connectivity index (χ3v) is 4.60. The summed E-state index contributed by atoms with van der Waals surface area (Å²) in [4.78, 5) is 31.4. The van der Waals surface area contributed by atoms with Crippen LogP contribution in [-0.4, -0.2) is 26.8 Å². The van der Waals surface area contributed by atoms with E-state index < -0.39 is 11.9 Å². The molecule has 2 heterocycles. The molecule has 0 saturated carbocycles. The lowest BCUT2D eigenvalue weighted by Gasteiger charge is -2.18. The zero-order valence-electron chi connectivity index (χ0n) is 13.9. The van der Waals surface area contributed by atoms with E-state index in [-0.39, 0.29) is 12.2 Å². The van der Waals surface area contributed by atoms with Gasteiger partial charge in [0.25, 0.3) is 0 Å². The van der Waals surface area contributed by atoms with Crippen LogP contribution in [0.5, 0.6) is 0 Å². The normalized spacial score (nSPS) is 16.2. The van der Waals surface area contributed by atoms with E-state index in [0.29, 0.717) is 23.4 Å². The van der Waals surface area contributed by atoms with Gasteiger partial charge < -0.3 is 15.4 Å². The van der Waals surface area contributed by atoms with Crippen LogP contribution < -0.4 is 5.32 Å². The number of carbonyl (C=O) groups is 2. The fourth-order valence-electron chi connectivity index (χ4n) is 3.36. The monoisotopic (exact) mass is 347 g/mol. The summed E-state index contributed by atoms with van der Waals surface area (Å²) in [6.07, 6.45) is 3.69. The van der Waals surface area contributed by atoms with Crippen molar-refractivity contribution in [2.75, 3.05) is 5.32 Å². The Morgan fingerprint density at radius 3 is 2.54 bits per heavy atom. The largest absolute Gasteiger partial charge is 0.481 e. The van der Waals surface area contributed by atoms with Crippen molar-refractivity contribution in [2.45, 2.75) is 12.8 Å². The molecule has 0 spiro atoms. The number of para-hydroxylation sites is 1. The van der Waals surface area contributed by atoms with Gasteiger partial charge in [0.1, 0.15) is 0 Å². The van der Waals surface area contributed by atoms with Crippen LogP contribution in [0.3, 0.4) is 0 Å². The molecule has 4 rings (SSSR count). The number of aromatic amines is 1. The van der Waals surface area contributed by atoms with Crippen molar-refractivity contribution < 1.29 is 14.7 Å². The van der Waals surface area contributed by atoms with Crippen LogP contribution in [0, 0.1) is 5.92 Å². The minimum absolute atomic E-state index is 0.0133. The number of nitrogens with one attached hydrogen (secondary N) is 2. The van der Waals surface area contributed by atoms with E-state index in [1.54, 1.807) is 12.4 Å². The summed E-state index contributed by atoms with van der Waals surface area (Å²) in [5.74, 6) is -1.79. The Morgan fingerprint density at radius 2 is 1.85 bits per heavy atom. The van der Waals surface area contributed by atoms with E-state index in [2.05, 4.69) is 15.3 Å². The number of carboxylic acids is 1. The molecule has 1 atom stereocenters. The summed E-state index contributed by atoms with van der Waals surface area (Å²) in [5.41, 5.74) is 4.41. The Morgan fingerprint density at radius 1 is 1.12 bits per heavy atom. The summed E-state index contributed by atoms with van der Waals surface area (Å²) in [6, 6.07) is 13.3. The molecule has 26 heavy (non-hydrogen) atoms. The number of carboxylic acid groups (broad SMARTS) is 1. The molecule has 0 aliphatic heterocycles. The molecule has 3 N–H and O–H groups in total. The topological polar surface area (TPSA) is 95.1 Å². The smallest absolute Gasteiger partial charge is 0.307 e. The number of rotatable bonds is 4. The summed E-state index contributed by atoms with van der Waals surface area (Å²) in [6.45, 7) is 0. The van der Waals surface area contributed by atoms with Crippen LogP contribution in [0.15, 0.2) is 54.9 Å². The highest BCUT2D eigenvalue weighted by Gasteiger charge is 2.34. The quantitative estimate of drug-likeness (QED) is 0.669. The first kappa shape index (κ1) is 16.1. The van der Waals surface area contributed by atoms with Crippen molar-refractivity contribution in [2.24, 2.45) is 5.92 Å². The van der Waals surface area contributed by atoms with Crippen LogP contribution in [-0.2, 0) is 11.2 Å². The summed E-state index contributed by atoms with van der Waals surface area (Å²) in [7, 11) is 0. The van der Waals surface area contributed by atoms with E-state index in [1.807, 2.05) is 42.5 Å². The maximum Gasteiger partial charge on any atom is 0.307 e. The van der Waals surface area contributed by atoms with Crippen molar-refractivity contribution in [3.8, 4) is 11.3 Å². The first-order valence-electron chi connectivity index (χ1n) is 8.37. The number of nitrogens with zero attached hydrogens (tertiary/aromatic N) is 1. The SMILES string of the molecule is O=C1C[C@@H](C(=O)O)Cc2[nH]c(-c3ccncc3)c(Nc3ccccc3)c21. The molecule has 2 aromatic heterocycles. The molecule has 6 nitrogen and oxygen atoms in total. The van der Waals surface area contributed by atoms with Crippen LogP contribution in [0.2, 0.25) is 0 Å². The number of hydrogen-bond acceptors (Lipinski definition) is 4. The Hall–Kier alpha value is -3.41. The first-order chi connectivity index (χ1) is 12.6. The number of fused-ring (bicyclic) bond motifs is 1. The first-order valence-corrected chi connectivity index (χ1v) is 8.37. The molecule has 0 fully saturated rings. The second-order valence-corrected chi connectivity index (χ2v) is 6.32. The van der Waals surface area contributed by atoms with E-state index in [9.17, 15) is 14.7 Å². The van der Waals surface area contributed by atoms with Crippen LogP contribution in [0.1, 0.15) is 22.5 Å². The van der Waals surface area contributed by atoms with Crippen molar-refractivity contribution in [3.05, 3.63) is 66.1 Å². The zero-order chi connectivity index (χ0) is 18.1. The number of aromatic nitrogens is 2. The fraction of sp³-hybridized carbons (Fsp3) is 0.150. The van der Waals surface area contributed by atoms with Gasteiger partial charge in [-0.15, -0.1) is 0 Å². The number of H-pyrrole nitrogens is 1. The Balaban J connectivity index is 1.85. The van der Waals surface area contributed by atoms with Crippen LogP contribution >= 0.6 is 0 Å². The van der Waals surface area contributed by atoms with Gasteiger partial charge in [-0.1, -0.05) is 18.2 Å². The molecule has 0 bridgehead atoms. The number of aliphatic carboxylic acids is 1. The summed E-state index contributed by atoms with van der Waals surface area (Å²) < 4.78 is 0. The second-order valence-electron chi connectivity index (χ2n) is 6.32. The van der Waals surface area contributed by atoms with Gasteiger partial charge in [-0.2, -0.15) is 0 Å². The highest BCUT2D eigenvalue weighted by molar-refractivity contribution is 6.08. The Labute approximate surface area is 149 Å². The lowest BCUT2D eigenvalue weighted by Crippen LogP contribution is -2.26. The van der Waals surface area contributed by atoms with Crippen molar-refractivity contribution in [3.63, 3.8) is 0 Å². The maximum absolute atomic E-state index is 12.7. The van der Waals surface area contributed by atoms with Gasteiger partial charge in [0.2, 0.25) is 0 Å². The lowest BCUT2D eigenvalue weighted by atomic mass is 9.86. The van der Waals surface area contributed by atoms with Gasteiger partial charge in [0.05, 0.1) is 22.9 Å². The van der Waals surface area contributed by atoms with Gasteiger partial charge in [-0.05, 0) is 24.3 Å². The minimum Gasteiger partial charge on any atom is -0.481 e. The number of hydrogen-bond donors (Lipinski definition) is 3. The third-order valence-electron chi connectivity index (χ3n) is 4.60. The number of anilines is 2. The third kappa shape index (κ3) is 2.86. The highest BCUT2D eigenvalue weighted by atomic mass is 16.4. The number of pyridine rings is 1. The standard InChI is InChI=1S/C20H17N3O3/c24-16-11-13(20(25)26)10-15-17(16)19(22-14-4-2-1-3-5-14)18(23-15)12-6-8-21-9-7-12/h1-9,13,22-23H,10-11H2,(H,25,26)/t13-/m0/s1. The fourth-order valence-corrected chi connectivity index (χ4v) is 3.36. The average Bonchev–Trinajstić information content (AvgIpc) is 3.02. The molecule has 1 aliphatic rings. The molecule has 6 heteroatoms. The molecule has 3 aromatic rings. The predicted molar refractivity (Wildman–Crippen MR) is 97.5 cm³/mol. The number of Topliss-reactive ketones (excluding diaryl/α,β-unsaturated/α-hetero) is 1. The molecule has 0 amide bonds. The number of ketones is 1. The van der Waals surface area contributed by atoms with Gasteiger partial charge in [0, 0.05) is 42.2 Å².